The van der Waals surface area contributed by atoms with E-state index in [0.717, 1.165) is 43.2 Å². The standard InChI is InChI=1S/C23H22N2O4S/c26-23(22-6-3-13-29-22)25-12-11-17-7-9-19(15-21(17)25)24-30(27,28)20-10-8-16-4-1-2-5-18(16)14-20/h3,6-10,13-15,24H,1-2,4-5,11-12H2. The fraction of sp³-hybridized carbons (Fsp3) is 0.261. The molecule has 0 saturated carbocycles. The molecule has 2 aromatic carbocycles. The number of anilines is 2. The Morgan fingerprint density at radius 2 is 1.73 bits per heavy atom. The number of carbonyl (C=O) groups is 1. The minimum absolute atomic E-state index is 0.228. The Labute approximate surface area is 175 Å². The maximum Gasteiger partial charge on any atom is 0.293 e. The molecule has 0 unspecified atom stereocenters. The summed E-state index contributed by atoms with van der Waals surface area (Å²) in [7, 11) is -3.72. The number of nitrogens with zero attached hydrogens (tertiary/aromatic N) is 1. The molecule has 154 valence electrons. The minimum atomic E-state index is -3.72. The smallest absolute Gasteiger partial charge is 0.293 e. The summed E-state index contributed by atoms with van der Waals surface area (Å²) in [4.78, 5) is 14.6. The second-order valence-corrected chi connectivity index (χ2v) is 9.45. The third-order valence-electron chi connectivity index (χ3n) is 5.84. The van der Waals surface area contributed by atoms with Crippen LogP contribution in [-0.2, 0) is 29.3 Å². The Balaban J connectivity index is 1.42. The molecule has 2 aliphatic rings. The molecule has 30 heavy (non-hydrogen) atoms. The van der Waals surface area contributed by atoms with E-state index in [1.165, 1.54) is 11.8 Å². The number of hydrogen-bond acceptors (Lipinski definition) is 4. The molecular formula is C23H22N2O4S. The van der Waals surface area contributed by atoms with Gasteiger partial charge in [-0.3, -0.25) is 9.52 Å². The van der Waals surface area contributed by atoms with Crippen LogP contribution in [0.1, 0.15) is 40.1 Å². The van der Waals surface area contributed by atoms with Crippen molar-refractivity contribution >= 4 is 27.3 Å². The Kier molecular flexibility index (Phi) is 4.62. The molecule has 1 amide bonds. The average molecular weight is 423 g/mol. The van der Waals surface area contributed by atoms with Gasteiger partial charge in [0.25, 0.3) is 15.9 Å². The molecule has 1 aliphatic heterocycles. The zero-order valence-electron chi connectivity index (χ0n) is 16.4. The number of rotatable bonds is 4. The number of carbonyl (C=O) groups excluding carboxylic acids is 1. The quantitative estimate of drug-likeness (QED) is 0.685. The highest BCUT2D eigenvalue weighted by Gasteiger charge is 2.28. The molecule has 0 bridgehead atoms. The first-order valence-electron chi connectivity index (χ1n) is 10.1. The summed E-state index contributed by atoms with van der Waals surface area (Å²) in [5.74, 6) is 0.0383. The van der Waals surface area contributed by atoms with Crippen LogP contribution in [0.2, 0.25) is 0 Å². The van der Waals surface area contributed by atoms with E-state index in [1.807, 2.05) is 12.1 Å². The molecule has 7 heteroatoms. The largest absolute Gasteiger partial charge is 0.459 e. The minimum Gasteiger partial charge on any atom is -0.459 e. The summed E-state index contributed by atoms with van der Waals surface area (Å²) >= 11 is 0. The summed E-state index contributed by atoms with van der Waals surface area (Å²) in [6.07, 6.45) is 6.36. The third kappa shape index (κ3) is 3.39. The van der Waals surface area contributed by atoms with Crippen molar-refractivity contribution < 1.29 is 17.6 Å². The van der Waals surface area contributed by atoms with E-state index >= 15 is 0 Å². The van der Waals surface area contributed by atoms with Gasteiger partial charge in [0.1, 0.15) is 0 Å². The van der Waals surface area contributed by atoms with Crippen molar-refractivity contribution in [1.82, 2.24) is 0 Å². The lowest BCUT2D eigenvalue weighted by molar-refractivity contribution is 0.0963. The van der Waals surface area contributed by atoms with Gasteiger partial charge in [-0.05, 0) is 85.2 Å². The molecule has 0 fully saturated rings. The second-order valence-electron chi connectivity index (χ2n) is 7.77. The molecule has 0 spiro atoms. The Morgan fingerprint density at radius 3 is 2.53 bits per heavy atom. The Morgan fingerprint density at radius 1 is 0.933 bits per heavy atom. The van der Waals surface area contributed by atoms with Crippen molar-refractivity contribution in [1.29, 1.82) is 0 Å². The topological polar surface area (TPSA) is 79.6 Å². The normalized spacial score (nSPS) is 15.5. The van der Waals surface area contributed by atoms with Crippen molar-refractivity contribution in [3.8, 4) is 0 Å². The van der Waals surface area contributed by atoms with Gasteiger partial charge in [0.05, 0.1) is 16.8 Å². The summed E-state index contributed by atoms with van der Waals surface area (Å²) in [6, 6.07) is 14.0. The van der Waals surface area contributed by atoms with E-state index < -0.39 is 10.0 Å². The highest BCUT2D eigenvalue weighted by molar-refractivity contribution is 7.92. The molecule has 3 aromatic rings. The zero-order valence-corrected chi connectivity index (χ0v) is 17.2. The first kappa shape index (κ1) is 18.9. The van der Waals surface area contributed by atoms with Crippen molar-refractivity contribution in [3.05, 3.63) is 77.2 Å². The van der Waals surface area contributed by atoms with Crippen molar-refractivity contribution in [2.24, 2.45) is 0 Å². The number of nitrogens with one attached hydrogen (secondary N) is 1. The van der Waals surface area contributed by atoms with Gasteiger partial charge in [0.2, 0.25) is 0 Å². The SMILES string of the molecule is O=C(c1ccco1)N1CCc2ccc(NS(=O)(=O)c3ccc4c(c3)CCCC4)cc21. The highest BCUT2D eigenvalue weighted by Crippen LogP contribution is 2.33. The van der Waals surface area contributed by atoms with Crippen LogP contribution in [0.25, 0.3) is 0 Å². The van der Waals surface area contributed by atoms with E-state index in [9.17, 15) is 13.2 Å². The summed E-state index contributed by atoms with van der Waals surface area (Å²) < 4.78 is 33.9. The van der Waals surface area contributed by atoms with Gasteiger partial charge in [-0.2, -0.15) is 0 Å². The van der Waals surface area contributed by atoms with Crippen LogP contribution in [0.3, 0.4) is 0 Å². The number of benzene rings is 2. The zero-order chi connectivity index (χ0) is 20.7. The van der Waals surface area contributed by atoms with E-state index in [0.29, 0.717) is 17.9 Å². The maximum atomic E-state index is 13.0. The lowest BCUT2D eigenvalue weighted by atomic mass is 9.92. The molecule has 6 nitrogen and oxygen atoms in total. The van der Waals surface area contributed by atoms with Crippen LogP contribution in [0.4, 0.5) is 11.4 Å². The molecule has 1 aliphatic carbocycles. The summed E-state index contributed by atoms with van der Waals surface area (Å²) in [5.41, 5.74) is 4.51. The number of furan rings is 1. The van der Waals surface area contributed by atoms with Crippen LogP contribution in [-0.4, -0.2) is 20.9 Å². The molecule has 5 rings (SSSR count). The number of amides is 1. The second kappa shape index (κ2) is 7.32. The van der Waals surface area contributed by atoms with Crippen molar-refractivity contribution in [2.45, 2.75) is 37.0 Å². The molecule has 0 atom stereocenters. The maximum absolute atomic E-state index is 13.0. The van der Waals surface area contributed by atoms with Gasteiger partial charge in [0, 0.05) is 12.2 Å². The highest BCUT2D eigenvalue weighted by atomic mass is 32.2. The van der Waals surface area contributed by atoms with Gasteiger partial charge >= 0.3 is 0 Å². The molecule has 0 saturated heterocycles. The van der Waals surface area contributed by atoms with Crippen molar-refractivity contribution in [3.63, 3.8) is 0 Å². The van der Waals surface area contributed by atoms with E-state index in [2.05, 4.69) is 4.72 Å². The van der Waals surface area contributed by atoms with Crippen LogP contribution < -0.4 is 9.62 Å². The number of aryl methyl sites for hydroxylation is 2. The average Bonchev–Trinajstić information content (AvgIpc) is 3.43. The lowest BCUT2D eigenvalue weighted by Gasteiger charge is -2.18. The van der Waals surface area contributed by atoms with E-state index in [1.54, 1.807) is 41.3 Å². The van der Waals surface area contributed by atoms with Crippen LogP contribution in [0.15, 0.2) is 64.1 Å². The van der Waals surface area contributed by atoms with Crippen LogP contribution in [0.5, 0.6) is 0 Å². The van der Waals surface area contributed by atoms with Crippen LogP contribution in [0, 0.1) is 0 Å². The fourth-order valence-electron chi connectivity index (χ4n) is 4.28. The molecule has 1 aromatic heterocycles. The monoisotopic (exact) mass is 422 g/mol. The van der Waals surface area contributed by atoms with E-state index in [4.69, 9.17) is 4.42 Å². The van der Waals surface area contributed by atoms with Gasteiger partial charge in [0.15, 0.2) is 5.76 Å². The number of sulfonamides is 1. The third-order valence-corrected chi connectivity index (χ3v) is 7.22. The number of hydrogen-bond donors (Lipinski definition) is 1. The van der Waals surface area contributed by atoms with Gasteiger partial charge in [-0.25, -0.2) is 8.42 Å². The van der Waals surface area contributed by atoms with E-state index in [-0.39, 0.29) is 16.6 Å². The Hall–Kier alpha value is -3.06. The van der Waals surface area contributed by atoms with Crippen molar-refractivity contribution in [2.75, 3.05) is 16.2 Å². The van der Waals surface area contributed by atoms with Gasteiger partial charge in [-0.1, -0.05) is 12.1 Å². The number of fused-ring (bicyclic) bond motifs is 2. The van der Waals surface area contributed by atoms with Gasteiger partial charge < -0.3 is 9.32 Å². The lowest BCUT2D eigenvalue weighted by Crippen LogP contribution is -2.28. The first-order valence-corrected chi connectivity index (χ1v) is 11.6. The predicted molar refractivity (Wildman–Crippen MR) is 114 cm³/mol. The first-order chi connectivity index (χ1) is 14.5. The summed E-state index contributed by atoms with van der Waals surface area (Å²) in [5, 5.41) is 0. The van der Waals surface area contributed by atoms with Gasteiger partial charge in [-0.15, -0.1) is 0 Å². The molecular weight excluding hydrogens is 400 g/mol. The Bertz CT molecular complexity index is 1220. The molecule has 2 heterocycles. The molecule has 0 radical (unpaired) electrons. The molecule has 1 N–H and O–H groups in total. The summed E-state index contributed by atoms with van der Waals surface area (Å²) in [6.45, 7) is 0.538. The fourth-order valence-corrected chi connectivity index (χ4v) is 5.38. The predicted octanol–water partition coefficient (Wildman–Crippen LogP) is 4.16. The van der Waals surface area contributed by atoms with Crippen LogP contribution >= 0.6 is 0 Å².